The molecule has 0 aromatic heterocycles. The maximum absolute atomic E-state index is 2.11. The van der Waals surface area contributed by atoms with Crippen molar-refractivity contribution in [2.24, 2.45) is 0 Å². The summed E-state index contributed by atoms with van der Waals surface area (Å²) in [6, 6.07) is 0. The standard InChI is InChI=1S/C4H8STe2/c6-4(7)1-3-2-5-3/h3-4,6-7H,1-2H2. The summed E-state index contributed by atoms with van der Waals surface area (Å²) in [6.45, 7) is 0. The van der Waals surface area contributed by atoms with Gasteiger partial charge >= 0.3 is 75.8 Å². The predicted octanol–water partition coefficient (Wildman–Crippen LogP) is 0.0395. The normalized spacial score (nSPS) is 28.7. The van der Waals surface area contributed by atoms with E-state index in [2.05, 4.69) is 11.8 Å². The zero-order valence-corrected chi connectivity index (χ0v) is 9.79. The Labute approximate surface area is 75.0 Å². The molecule has 1 unspecified atom stereocenters. The third-order valence-corrected chi connectivity index (χ3v) is 3.08. The van der Waals surface area contributed by atoms with Crippen LogP contribution in [0, 0.1) is 0 Å². The monoisotopic (exact) mass is 348 g/mol. The van der Waals surface area contributed by atoms with Crippen molar-refractivity contribution < 1.29 is 0 Å². The molecule has 1 fully saturated rings. The van der Waals surface area contributed by atoms with Crippen LogP contribution in [0.5, 0.6) is 0 Å². The summed E-state index contributed by atoms with van der Waals surface area (Å²) in [5, 5.41) is 1.07. The van der Waals surface area contributed by atoms with Gasteiger partial charge in [0.05, 0.1) is 0 Å². The van der Waals surface area contributed by atoms with Gasteiger partial charge in [-0.3, -0.25) is 0 Å². The van der Waals surface area contributed by atoms with Gasteiger partial charge in [-0.05, 0) is 0 Å². The Morgan fingerprint density at radius 1 is 1.71 bits per heavy atom. The van der Waals surface area contributed by atoms with E-state index in [0.29, 0.717) is 0 Å². The van der Waals surface area contributed by atoms with Crippen molar-refractivity contribution in [3.8, 4) is 0 Å². The second kappa shape index (κ2) is 3.19. The summed E-state index contributed by atoms with van der Waals surface area (Å²) in [6.07, 6.45) is 1.48. The van der Waals surface area contributed by atoms with Gasteiger partial charge in [-0.2, -0.15) is 0 Å². The number of hydrogen-bond donors (Lipinski definition) is 0. The summed E-state index contributed by atoms with van der Waals surface area (Å²) >= 11 is 6.09. The molecule has 1 aliphatic heterocycles. The molecule has 0 aliphatic carbocycles. The topological polar surface area (TPSA) is 0 Å². The molecule has 0 aromatic carbocycles. The van der Waals surface area contributed by atoms with E-state index < -0.39 is 0 Å². The minimum absolute atomic E-state index is 1.02. The van der Waals surface area contributed by atoms with Crippen molar-refractivity contribution in [2.75, 3.05) is 5.75 Å². The molecule has 7 heavy (non-hydrogen) atoms. The molecule has 0 radical (unpaired) electrons. The molecule has 1 saturated heterocycles. The third-order valence-electron chi connectivity index (χ3n) is 0.876. The zero-order valence-electron chi connectivity index (χ0n) is 3.87. The molecule has 0 saturated carbocycles. The molecular formula is C4H8STe2. The molecule has 0 aromatic rings. The van der Waals surface area contributed by atoms with Gasteiger partial charge in [0, 0.05) is 0 Å². The van der Waals surface area contributed by atoms with Crippen LogP contribution in [0.2, 0.25) is 2.01 Å². The SMILES string of the molecule is [TeH]C([TeH])CC1CS1. The van der Waals surface area contributed by atoms with Gasteiger partial charge in [0.1, 0.15) is 0 Å². The minimum atomic E-state index is 1.02. The van der Waals surface area contributed by atoms with Gasteiger partial charge in [-0.25, -0.2) is 0 Å². The Balaban J connectivity index is 1.97. The van der Waals surface area contributed by atoms with Gasteiger partial charge in [0.2, 0.25) is 0 Å². The van der Waals surface area contributed by atoms with E-state index in [4.69, 9.17) is 0 Å². The molecule has 0 bridgehead atoms. The van der Waals surface area contributed by atoms with E-state index in [-0.39, 0.29) is 0 Å². The summed E-state index contributed by atoms with van der Waals surface area (Å²) in [5.74, 6) is 1.44. The first kappa shape index (κ1) is 7.04. The van der Waals surface area contributed by atoms with E-state index in [1.165, 1.54) is 12.2 Å². The van der Waals surface area contributed by atoms with Crippen LogP contribution >= 0.6 is 11.8 Å². The van der Waals surface area contributed by atoms with Crippen molar-refractivity contribution >= 4 is 56.4 Å². The third kappa shape index (κ3) is 3.50. The van der Waals surface area contributed by atoms with E-state index in [1.54, 1.807) is 0 Å². The summed E-state index contributed by atoms with van der Waals surface area (Å²) in [4.78, 5) is 0. The molecule has 1 atom stereocenters. The first-order valence-corrected chi connectivity index (χ1v) is 6.26. The van der Waals surface area contributed by atoms with Crippen LogP contribution in [0.4, 0.5) is 0 Å². The molecule has 3 heteroatoms. The maximum atomic E-state index is 2.11. The van der Waals surface area contributed by atoms with Crippen LogP contribution in [0.15, 0.2) is 0 Å². The Morgan fingerprint density at radius 3 is 2.43 bits per heavy atom. The van der Waals surface area contributed by atoms with Crippen molar-refractivity contribution in [3.05, 3.63) is 0 Å². The van der Waals surface area contributed by atoms with Gasteiger partial charge in [-0.1, -0.05) is 0 Å². The number of hydrogen-bond acceptors (Lipinski definition) is 1. The first-order valence-electron chi connectivity index (χ1n) is 2.27. The fraction of sp³-hybridized carbons (Fsp3) is 1.00. The van der Waals surface area contributed by atoms with Gasteiger partial charge in [0.25, 0.3) is 0 Å². The molecule has 0 spiro atoms. The molecule has 0 amide bonds. The van der Waals surface area contributed by atoms with Crippen LogP contribution in [-0.4, -0.2) is 55.6 Å². The van der Waals surface area contributed by atoms with Crippen LogP contribution < -0.4 is 0 Å². The van der Waals surface area contributed by atoms with Crippen molar-refractivity contribution in [1.29, 1.82) is 0 Å². The van der Waals surface area contributed by atoms with E-state index >= 15 is 0 Å². The predicted molar refractivity (Wildman–Crippen MR) is 38.9 cm³/mol. The number of thioether (sulfide) groups is 1. The van der Waals surface area contributed by atoms with Crippen molar-refractivity contribution in [3.63, 3.8) is 0 Å². The zero-order chi connectivity index (χ0) is 5.28. The fourth-order valence-electron chi connectivity index (χ4n) is 0.439. The number of rotatable bonds is 2. The molecule has 0 N–H and O–H groups in total. The average Bonchev–Trinajstić information content (AvgIpc) is 2.17. The van der Waals surface area contributed by atoms with Crippen LogP contribution in [-0.2, 0) is 0 Å². The Morgan fingerprint density at radius 2 is 2.29 bits per heavy atom. The van der Waals surface area contributed by atoms with Crippen LogP contribution in [0.1, 0.15) is 6.42 Å². The quantitative estimate of drug-likeness (QED) is 0.504. The van der Waals surface area contributed by atoms with Gasteiger partial charge < -0.3 is 0 Å². The van der Waals surface area contributed by atoms with Gasteiger partial charge in [-0.15, -0.1) is 0 Å². The summed E-state index contributed by atoms with van der Waals surface area (Å²) in [7, 11) is 0. The molecule has 1 rings (SSSR count). The van der Waals surface area contributed by atoms with Crippen molar-refractivity contribution in [1.82, 2.24) is 0 Å². The molecule has 1 heterocycles. The summed E-state index contributed by atoms with van der Waals surface area (Å²) in [5.41, 5.74) is 0. The molecule has 1 aliphatic rings. The molecule has 42 valence electrons. The van der Waals surface area contributed by atoms with Gasteiger partial charge in [0.15, 0.2) is 0 Å². The Bertz CT molecular complexity index is 60.7. The first-order chi connectivity index (χ1) is 3.29. The van der Waals surface area contributed by atoms with Crippen molar-refractivity contribution in [2.45, 2.75) is 13.7 Å². The second-order valence-corrected chi connectivity index (χ2v) is 10.2. The fourth-order valence-corrected chi connectivity index (χ4v) is 3.34. The molecule has 0 nitrogen and oxygen atoms in total. The Kier molecular flexibility index (Phi) is 3.21. The van der Waals surface area contributed by atoms with E-state index in [9.17, 15) is 0 Å². The van der Waals surface area contributed by atoms with E-state index in [0.717, 1.165) is 7.26 Å². The summed E-state index contributed by atoms with van der Waals surface area (Å²) < 4.78 is 1.02. The van der Waals surface area contributed by atoms with Crippen LogP contribution in [0.25, 0.3) is 0 Å². The van der Waals surface area contributed by atoms with E-state index in [1.807, 2.05) is 44.6 Å². The molecular weight excluding hydrogens is 335 g/mol. The average molecular weight is 343 g/mol. The second-order valence-electron chi connectivity index (χ2n) is 1.67. The van der Waals surface area contributed by atoms with Crippen LogP contribution in [0.3, 0.4) is 0 Å². The Hall–Kier alpha value is 1.93.